The van der Waals surface area contributed by atoms with Gasteiger partial charge >= 0.3 is 0 Å². The van der Waals surface area contributed by atoms with Crippen LogP contribution in [-0.2, 0) is 6.54 Å². The minimum atomic E-state index is 0.577. The van der Waals surface area contributed by atoms with E-state index in [4.69, 9.17) is 17.3 Å². The first-order chi connectivity index (χ1) is 14.6. The molecule has 0 aliphatic heterocycles. The smallest absolute Gasteiger partial charge is 0.171 e. The molecule has 1 heterocycles. The lowest BCUT2D eigenvalue weighted by Gasteiger charge is -2.13. The highest BCUT2D eigenvalue weighted by Gasteiger charge is 2.13. The van der Waals surface area contributed by atoms with Crippen molar-refractivity contribution in [1.82, 2.24) is 15.1 Å². The zero-order valence-electron chi connectivity index (χ0n) is 17.1. The summed E-state index contributed by atoms with van der Waals surface area (Å²) in [5.74, 6) is 0. The molecule has 1 aromatic heterocycles. The van der Waals surface area contributed by atoms with Gasteiger partial charge in [-0.05, 0) is 49.8 Å². The molecule has 30 heavy (non-hydrogen) atoms. The normalized spacial score (nSPS) is 10.6. The average molecular weight is 413 g/mol. The summed E-state index contributed by atoms with van der Waals surface area (Å²) < 4.78 is 1.92. The molecule has 0 saturated heterocycles. The number of nitrogens with zero attached hydrogens (tertiary/aromatic N) is 2. The van der Waals surface area contributed by atoms with Gasteiger partial charge in [0.1, 0.15) is 0 Å². The minimum absolute atomic E-state index is 0.577. The maximum absolute atomic E-state index is 5.54. The summed E-state index contributed by atoms with van der Waals surface area (Å²) in [5.41, 5.74) is 7.55. The Hall–Kier alpha value is -3.44. The highest BCUT2D eigenvalue weighted by atomic mass is 32.1. The average Bonchev–Trinajstić information content (AvgIpc) is 3.20. The molecule has 0 amide bonds. The topological polar surface area (TPSA) is 41.9 Å². The summed E-state index contributed by atoms with van der Waals surface area (Å²) in [5, 5.41) is 12.1. The summed E-state index contributed by atoms with van der Waals surface area (Å²) in [6.45, 7) is 4.74. The predicted molar refractivity (Wildman–Crippen MR) is 128 cm³/mol. The molecule has 0 aliphatic rings. The standard InChI is InChI=1S/C25H24N4S/c1-18-13-14-23(19(2)15-18)27-25(30)26-16-21-17-29(22-11-7-4-8-12-22)28-24(21)20-9-5-3-6-10-20/h3-15,17H,16H2,1-2H3,(H2,26,27,30). The van der Waals surface area contributed by atoms with E-state index in [1.165, 1.54) is 11.1 Å². The number of aryl methyl sites for hydroxylation is 2. The minimum Gasteiger partial charge on any atom is -0.358 e. The summed E-state index contributed by atoms with van der Waals surface area (Å²) in [6, 6.07) is 26.6. The molecule has 0 bridgehead atoms. The molecule has 3 aromatic carbocycles. The van der Waals surface area contributed by atoms with E-state index >= 15 is 0 Å². The molecular formula is C25H24N4S. The van der Waals surface area contributed by atoms with Crippen molar-refractivity contribution in [1.29, 1.82) is 0 Å². The van der Waals surface area contributed by atoms with E-state index in [9.17, 15) is 0 Å². The molecule has 0 atom stereocenters. The molecule has 0 aliphatic carbocycles. The van der Waals surface area contributed by atoms with Gasteiger partial charge in [-0.25, -0.2) is 4.68 Å². The monoisotopic (exact) mass is 412 g/mol. The second-order valence-electron chi connectivity index (χ2n) is 7.28. The zero-order valence-corrected chi connectivity index (χ0v) is 17.9. The first kappa shape index (κ1) is 19.9. The van der Waals surface area contributed by atoms with Crippen molar-refractivity contribution in [3.63, 3.8) is 0 Å². The van der Waals surface area contributed by atoms with Gasteiger partial charge < -0.3 is 10.6 Å². The number of rotatable bonds is 5. The lowest BCUT2D eigenvalue weighted by atomic mass is 10.1. The number of anilines is 1. The number of thiocarbonyl (C=S) groups is 1. The lowest BCUT2D eigenvalue weighted by Crippen LogP contribution is -2.28. The third kappa shape index (κ3) is 4.58. The fraction of sp³-hybridized carbons (Fsp3) is 0.120. The van der Waals surface area contributed by atoms with Crippen molar-refractivity contribution in [2.45, 2.75) is 20.4 Å². The number of nitrogens with one attached hydrogen (secondary N) is 2. The van der Waals surface area contributed by atoms with E-state index in [0.29, 0.717) is 11.7 Å². The molecule has 5 heteroatoms. The number of hydrogen-bond donors (Lipinski definition) is 2. The van der Waals surface area contributed by atoms with Gasteiger partial charge in [0.15, 0.2) is 5.11 Å². The van der Waals surface area contributed by atoms with Crippen LogP contribution in [0.3, 0.4) is 0 Å². The van der Waals surface area contributed by atoms with Gasteiger partial charge in [0, 0.05) is 29.6 Å². The molecule has 2 N–H and O–H groups in total. The fourth-order valence-corrected chi connectivity index (χ4v) is 3.57. The van der Waals surface area contributed by atoms with Crippen molar-refractivity contribution in [2.24, 2.45) is 0 Å². The second-order valence-corrected chi connectivity index (χ2v) is 7.68. The number of hydrogen-bond acceptors (Lipinski definition) is 2. The van der Waals surface area contributed by atoms with Crippen LogP contribution in [0.25, 0.3) is 16.9 Å². The predicted octanol–water partition coefficient (Wildman–Crippen LogP) is 5.64. The fourth-order valence-electron chi connectivity index (χ4n) is 3.39. The zero-order chi connectivity index (χ0) is 20.9. The Morgan fingerprint density at radius 1 is 0.933 bits per heavy atom. The maximum Gasteiger partial charge on any atom is 0.171 e. The third-order valence-corrected chi connectivity index (χ3v) is 5.17. The van der Waals surface area contributed by atoms with Crippen molar-refractivity contribution in [2.75, 3.05) is 5.32 Å². The molecule has 0 saturated carbocycles. The Balaban J connectivity index is 1.55. The van der Waals surface area contributed by atoms with Crippen molar-refractivity contribution in [3.8, 4) is 16.9 Å². The number of benzene rings is 3. The van der Waals surface area contributed by atoms with E-state index in [2.05, 4.69) is 61.0 Å². The summed E-state index contributed by atoms with van der Waals surface area (Å²) >= 11 is 5.54. The van der Waals surface area contributed by atoms with Gasteiger partial charge in [-0.1, -0.05) is 66.2 Å². The second kappa shape index (κ2) is 8.93. The molecule has 150 valence electrons. The quantitative estimate of drug-likeness (QED) is 0.416. The Bertz CT molecular complexity index is 1150. The van der Waals surface area contributed by atoms with Crippen LogP contribution in [0.4, 0.5) is 5.69 Å². The highest BCUT2D eigenvalue weighted by molar-refractivity contribution is 7.80. The number of aromatic nitrogens is 2. The van der Waals surface area contributed by atoms with Crippen LogP contribution in [0, 0.1) is 13.8 Å². The molecular weight excluding hydrogens is 388 g/mol. The number of para-hydroxylation sites is 1. The van der Waals surface area contributed by atoms with Gasteiger partial charge in [-0.2, -0.15) is 5.10 Å². The van der Waals surface area contributed by atoms with Gasteiger partial charge in [0.05, 0.1) is 11.4 Å². The van der Waals surface area contributed by atoms with Gasteiger partial charge in [-0.3, -0.25) is 0 Å². The largest absolute Gasteiger partial charge is 0.358 e. The van der Waals surface area contributed by atoms with Crippen molar-refractivity contribution >= 4 is 23.0 Å². The summed E-state index contributed by atoms with van der Waals surface area (Å²) in [6.07, 6.45) is 2.06. The van der Waals surface area contributed by atoms with Crippen LogP contribution in [0.2, 0.25) is 0 Å². The van der Waals surface area contributed by atoms with E-state index in [-0.39, 0.29) is 0 Å². The Kier molecular flexibility index (Phi) is 5.91. The SMILES string of the molecule is Cc1ccc(NC(=S)NCc2cn(-c3ccccc3)nc2-c2ccccc2)c(C)c1. The van der Waals surface area contributed by atoms with E-state index < -0.39 is 0 Å². The maximum atomic E-state index is 5.54. The van der Waals surface area contributed by atoms with E-state index in [0.717, 1.165) is 28.2 Å². The summed E-state index contributed by atoms with van der Waals surface area (Å²) in [7, 11) is 0. The molecule has 4 aromatic rings. The van der Waals surface area contributed by atoms with Crippen LogP contribution in [0.1, 0.15) is 16.7 Å². The van der Waals surface area contributed by atoms with Crippen LogP contribution in [0.5, 0.6) is 0 Å². The van der Waals surface area contributed by atoms with Gasteiger partial charge in [-0.15, -0.1) is 0 Å². The van der Waals surface area contributed by atoms with Gasteiger partial charge in [0.2, 0.25) is 0 Å². The lowest BCUT2D eigenvalue weighted by molar-refractivity contribution is 0.879. The molecule has 0 fully saturated rings. The van der Waals surface area contributed by atoms with E-state index in [1.807, 2.05) is 53.2 Å². The van der Waals surface area contributed by atoms with Crippen molar-refractivity contribution < 1.29 is 0 Å². The first-order valence-corrected chi connectivity index (χ1v) is 10.3. The molecule has 4 rings (SSSR count). The van der Waals surface area contributed by atoms with Crippen molar-refractivity contribution in [3.05, 3.63) is 102 Å². The van der Waals surface area contributed by atoms with Gasteiger partial charge in [0.25, 0.3) is 0 Å². The van der Waals surface area contributed by atoms with E-state index in [1.54, 1.807) is 0 Å². The molecule has 0 radical (unpaired) electrons. The van der Waals surface area contributed by atoms with Crippen LogP contribution in [-0.4, -0.2) is 14.9 Å². The Morgan fingerprint density at radius 3 is 2.33 bits per heavy atom. The molecule has 0 unspecified atom stereocenters. The summed E-state index contributed by atoms with van der Waals surface area (Å²) in [4.78, 5) is 0. The Labute approximate surface area is 182 Å². The molecule has 0 spiro atoms. The van der Waals surface area contributed by atoms with Crippen LogP contribution >= 0.6 is 12.2 Å². The highest BCUT2D eigenvalue weighted by Crippen LogP contribution is 2.24. The first-order valence-electron chi connectivity index (χ1n) is 9.91. The molecule has 4 nitrogen and oxygen atoms in total. The van der Waals surface area contributed by atoms with Crippen LogP contribution < -0.4 is 10.6 Å². The van der Waals surface area contributed by atoms with Crippen LogP contribution in [0.15, 0.2) is 85.1 Å². The Morgan fingerprint density at radius 2 is 1.63 bits per heavy atom. The third-order valence-electron chi connectivity index (χ3n) is 4.93.